The summed E-state index contributed by atoms with van der Waals surface area (Å²) in [7, 11) is 0. The first-order chi connectivity index (χ1) is 10.2. The summed E-state index contributed by atoms with van der Waals surface area (Å²) >= 11 is 3.54. The van der Waals surface area contributed by atoms with Crippen molar-refractivity contribution in [3.05, 3.63) is 40.0 Å². The van der Waals surface area contributed by atoms with Crippen LogP contribution in [0.3, 0.4) is 0 Å². The summed E-state index contributed by atoms with van der Waals surface area (Å²) in [6, 6.07) is 4.06. The highest BCUT2D eigenvalue weighted by Gasteiger charge is 2.15. The maximum atomic E-state index is 5.72. The number of ether oxygens (including phenoxy) is 2. The van der Waals surface area contributed by atoms with Gasteiger partial charge in [-0.2, -0.15) is 0 Å². The van der Waals surface area contributed by atoms with Gasteiger partial charge in [0.15, 0.2) is 11.5 Å². The molecule has 0 radical (unpaired) electrons. The van der Waals surface area contributed by atoms with Crippen LogP contribution in [0, 0.1) is 6.92 Å². The molecule has 0 spiro atoms. The Kier molecular flexibility index (Phi) is 4.45. The van der Waals surface area contributed by atoms with Gasteiger partial charge in [0, 0.05) is 13.0 Å². The van der Waals surface area contributed by atoms with Gasteiger partial charge in [-0.3, -0.25) is 0 Å². The summed E-state index contributed by atoms with van der Waals surface area (Å²) in [5.41, 5.74) is 1.12. The van der Waals surface area contributed by atoms with Gasteiger partial charge in [-0.15, -0.1) is 0 Å². The van der Waals surface area contributed by atoms with Crippen LogP contribution in [0.1, 0.15) is 23.6 Å². The van der Waals surface area contributed by atoms with E-state index >= 15 is 0 Å². The minimum absolute atomic E-state index is 0.597. The van der Waals surface area contributed by atoms with Crippen molar-refractivity contribution in [1.29, 1.82) is 0 Å². The van der Waals surface area contributed by atoms with Gasteiger partial charge < -0.3 is 19.2 Å². The lowest BCUT2D eigenvalue weighted by molar-refractivity contribution is 0.296. The molecule has 0 amide bonds. The maximum absolute atomic E-state index is 5.72. The van der Waals surface area contributed by atoms with Crippen LogP contribution >= 0.6 is 15.9 Å². The monoisotopic (exact) mass is 352 g/mol. The largest absolute Gasteiger partial charge is 0.490 e. The third-order valence-electron chi connectivity index (χ3n) is 3.14. The van der Waals surface area contributed by atoms with Crippen molar-refractivity contribution in [3.8, 4) is 11.5 Å². The van der Waals surface area contributed by atoms with Crippen LogP contribution in [0.25, 0.3) is 0 Å². The van der Waals surface area contributed by atoms with Crippen molar-refractivity contribution in [2.75, 3.05) is 13.2 Å². The predicted octanol–water partition coefficient (Wildman–Crippen LogP) is 3.20. The van der Waals surface area contributed by atoms with E-state index in [0.29, 0.717) is 32.2 Å². The van der Waals surface area contributed by atoms with Crippen LogP contribution < -0.4 is 14.8 Å². The molecule has 1 aromatic heterocycles. The average Bonchev–Trinajstić information content (AvgIpc) is 2.73. The molecule has 0 saturated heterocycles. The van der Waals surface area contributed by atoms with Crippen molar-refractivity contribution in [1.82, 2.24) is 10.3 Å². The second-order valence-corrected chi connectivity index (χ2v) is 5.78. The second kappa shape index (κ2) is 6.49. The number of hydrogen-bond acceptors (Lipinski definition) is 5. The van der Waals surface area contributed by atoms with Gasteiger partial charge in [-0.05, 0) is 40.5 Å². The topological polar surface area (TPSA) is 56.5 Å². The number of rotatable bonds is 4. The smallest absolute Gasteiger partial charge is 0.208 e. The van der Waals surface area contributed by atoms with Crippen LogP contribution in [0.5, 0.6) is 11.5 Å². The molecule has 0 saturated carbocycles. The lowest BCUT2D eigenvalue weighted by atomic mass is 10.2. The van der Waals surface area contributed by atoms with Gasteiger partial charge >= 0.3 is 0 Å². The number of nitrogens with zero attached hydrogens (tertiary/aromatic N) is 1. The molecule has 6 heteroatoms. The number of halogens is 1. The molecule has 21 heavy (non-hydrogen) atoms. The third-order valence-corrected chi connectivity index (χ3v) is 3.73. The quantitative estimate of drug-likeness (QED) is 0.915. The summed E-state index contributed by atoms with van der Waals surface area (Å²) in [5.74, 6) is 3.11. The van der Waals surface area contributed by atoms with Gasteiger partial charge in [-0.25, -0.2) is 4.98 Å². The van der Waals surface area contributed by atoms with E-state index in [4.69, 9.17) is 13.9 Å². The number of benzene rings is 1. The van der Waals surface area contributed by atoms with E-state index in [9.17, 15) is 0 Å². The Morgan fingerprint density at radius 3 is 2.90 bits per heavy atom. The fourth-order valence-corrected chi connectivity index (χ4v) is 2.79. The Morgan fingerprint density at radius 2 is 2.10 bits per heavy atom. The molecule has 3 rings (SSSR count). The number of fused-ring (bicyclic) bond motifs is 1. The summed E-state index contributed by atoms with van der Waals surface area (Å²) in [5, 5.41) is 3.31. The third kappa shape index (κ3) is 3.57. The van der Waals surface area contributed by atoms with Gasteiger partial charge in [-0.1, -0.05) is 0 Å². The van der Waals surface area contributed by atoms with E-state index in [2.05, 4.69) is 26.2 Å². The Labute approximate surface area is 131 Å². The number of hydrogen-bond donors (Lipinski definition) is 1. The van der Waals surface area contributed by atoms with Crippen molar-refractivity contribution >= 4 is 15.9 Å². The number of aryl methyl sites for hydroxylation is 1. The first-order valence-electron chi connectivity index (χ1n) is 6.92. The SMILES string of the molecule is Cc1cnc(CNCc2cc(Br)c3c(c2)OCCCO3)o1. The molecule has 1 N–H and O–H groups in total. The van der Waals surface area contributed by atoms with E-state index in [-0.39, 0.29) is 0 Å². The van der Waals surface area contributed by atoms with Crippen molar-refractivity contribution in [2.24, 2.45) is 0 Å². The molecule has 0 fully saturated rings. The average molecular weight is 353 g/mol. The zero-order chi connectivity index (χ0) is 14.7. The number of nitrogens with one attached hydrogen (secondary N) is 1. The first-order valence-corrected chi connectivity index (χ1v) is 7.72. The normalized spacial score (nSPS) is 14.0. The van der Waals surface area contributed by atoms with Gasteiger partial charge in [0.25, 0.3) is 0 Å². The Hall–Kier alpha value is -1.53. The highest BCUT2D eigenvalue weighted by atomic mass is 79.9. The van der Waals surface area contributed by atoms with E-state index in [0.717, 1.165) is 33.7 Å². The van der Waals surface area contributed by atoms with Gasteiger partial charge in [0.1, 0.15) is 5.76 Å². The lowest BCUT2D eigenvalue weighted by Gasteiger charge is -2.12. The van der Waals surface area contributed by atoms with E-state index < -0.39 is 0 Å². The van der Waals surface area contributed by atoms with Crippen molar-refractivity contribution in [2.45, 2.75) is 26.4 Å². The Bertz CT molecular complexity index is 627. The van der Waals surface area contributed by atoms with Crippen LogP contribution in [0.2, 0.25) is 0 Å². The molecule has 0 atom stereocenters. The summed E-state index contributed by atoms with van der Waals surface area (Å²) in [4.78, 5) is 4.16. The Balaban J connectivity index is 1.65. The summed E-state index contributed by atoms with van der Waals surface area (Å²) < 4.78 is 17.8. The molecule has 1 aromatic carbocycles. The van der Waals surface area contributed by atoms with E-state index in [1.165, 1.54) is 0 Å². The lowest BCUT2D eigenvalue weighted by Crippen LogP contribution is -2.13. The highest BCUT2D eigenvalue weighted by Crippen LogP contribution is 2.38. The Morgan fingerprint density at radius 1 is 1.24 bits per heavy atom. The van der Waals surface area contributed by atoms with Gasteiger partial charge in [0.05, 0.1) is 30.4 Å². The molecule has 0 aliphatic carbocycles. The van der Waals surface area contributed by atoms with Crippen molar-refractivity contribution in [3.63, 3.8) is 0 Å². The highest BCUT2D eigenvalue weighted by molar-refractivity contribution is 9.10. The molecular formula is C15H17BrN2O3. The predicted molar refractivity (Wildman–Crippen MR) is 81.5 cm³/mol. The molecule has 112 valence electrons. The maximum Gasteiger partial charge on any atom is 0.208 e. The molecule has 1 aliphatic heterocycles. The first kappa shape index (κ1) is 14.4. The molecule has 5 nitrogen and oxygen atoms in total. The zero-order valence-electron chi connectivity index (χ0n) is 11.8. The zero-order valence-corrected chi connectivity index (χ0v) is 13.4. The van der Waals surface area contributed by atoms with Crippen molar-refractivity contribution < 1.29 is 13.9 Å². The van der Waals surface area contributed by atoms with Crippen LogP contribution in [-0.4, -0.2) is 18.2 Å². The second-order valence-electron chi connectivity index (χ2n) is 4.92. The molecule has 0 bridgehead atoms. The van der Waals surface area contributed by atoms with Crippen LogP contribution in [-0.2, 0) is 13.1 Å². The van der Waals surface area contributed by atoms with Gasteiger partial charge in [0.2, 0.25) is 5.89 Å². The fraction of sp³-hybridized carbons (Fsp3) is 0.400. The van der Waals surface area contributed by atoms with Crippen LogP contribution in [0.4, 0.5) is 0 Å². The number of oxazole rings is 1. The molecule has 2 heterocycles. The summed E-state index contributed by atoms with van der Waals surface area (Å²) in [6.45, 7) is 4.56. The minimum Gasteiger partial charge on any atom is -0.490 e. The standard InChI is InChI=1S/C15H17BrN2O3/c1-10-7-18-14(21-10)9-17-8-11-5-12(16)15-13(6-11)19-3-2-4-20-15/h5-7,17H,2-4,8-9H2,1H3. The molecule has 0 unspecified atom stereocenters. The molecule has 2 aromatic rings. The minimum atomic E-state index is 0.597. The van der Waals surface area contributed by atoms with E-state index in [1.807, 2.05) is 19.1 Å². The molecular weight excluding hydrogens is 336 g/mol. The number of aromatic nitrogens is 1. The summed E-state index contributed by atoms with van der Waals surface area (Å²) in [6.07, 6.45) is 2.62. The van der Waals surface area contributed by atoms with E-state index in [1.54, 1.807) is 6.20 Å². The fourth-order valence-electron chi connectivity index (χ4n) is 2.18. The van der Waals surface area contributed by atoms with Crippen LogP contribution in [0.15, 0.2) is 27.2 Å². The molecule has 1 aliphatic rings.